The van der Waals surface area contributed by atoms with Crippen LogP contribution in [0.25, 0.3) is 75.4 Å². The number of hydrogen-bond donors (Lipinski definition) is 5. The van der Waals surface area contributed by atoms with E-state index in [1.807, 2.05) is 176 Å². The van der Waals surface area contributed by atoms with Crippen LogP contribution in [0.1, 0.15) is 45.5 Å². The second-order valence-electron chi connectivity index (χ2n) is 24.1. The summed E-state index contributed by atoms with van der Waals surface area (Å²) in [5.74, 6) is 1.88. The number of fused-ring (bicyclic) bond motifs is 9. The van der Waals surface area contributed by atoms with Crippen LogP contribution >= 0.6 is 69.6 Å². The number of aliphatic hydroxyl groups excluding tert-OH is 1. The number of nitrogens with zero attached hydrogens (tertiary/aromatic N) is 4. The van der Waals surface area contributed by atoms with Crippen molar-refractivity contribution < 1.29 is 33.6 Å². The van der Waals surface area contributed by atoms with Gasteiger partial charge in [0.1, 0.15) is 37.5 Å². The van der Waals surface area contributed by atoms with Crippen molar-refractivity contribution in [2.24, 2.45) is 0 Å². The maximum Gasteiger partial charge on any atom is 0.338 e. The van der Waals surface area contributed by atoms with E-state index in [0.29, 0.717) is 108 Å². The number of carbonyl (C=O) groups is 1. The summed E-state index contributed by atoms with van der Waals surface area (Å²) in [5, 5.41) is 32.9. The van der Waals surface area contributed by atoms with E-state index in [1.54, 1.807) is 55.7 Å². The summed E-state index contributed by atoms with van der Waals surface area (Å²) in [6, 6.07) is 69.6. The van der Waals surface area contributed by atoms with E-state index in [1.165, 1.54) is 31.2 Å². The number of allylic oxidation sites excluding steroid dienone is 1. The number of nitrogens with one attached hydrogen (secondary N) is 4. The Morgan fingerprint density at radius 2 is 0.991 bits per heavy atom. The standard InChI is InChI=1S/C12H12ClNO2.3C12H10ClNO.C10H8ClNO.2C10H9NO2.C9H6ClNO/c13-11-9-5-2-1-4-8(9)10(6-3-7-15)12(16)14-11;13-11-9-5-2-1-4-8(9)10-6-3-7-15-12(10)14-11;1-2-7-15-11-8-9-5-3-4-6-10(9)12(13)14-11;1-2-5-10-8-6-3-4-7-9(8)11(13)14-12(10)15;1-13-9-6-7-4-2-3-5-8(7)10(11)12-9;1-13-9-6-7-4-2-3-5-8(7)10(12)11-9;1-13-10(12)9-5-3-2-4-8(9)6-7-11;10-9-7-4-2-1-3-6(7)5-8(12)11-9/h1-2,4-5,15H,3,6-7H2,(H,14,16);1-2,4-5H,3,6-7H2;2-6,8H,1,7H2;2-4,6-7H,1,5H2,(H,14,15);2-6H,1H3;2-6H,1H3,(H,11,12);2-5H,6H2,1H3;1-5H,(H,11,12). The highest BCUT2D eigenvalue weighted by atomic mass is 35.5. The Morgan fingerprint density at radius 1 is 0.518 bits per heavy atom. The molecule has 0 fully saturated rings. The molecule has 1 aliphatic rings. The van der Waals surface area contributed by atoms with Crippen molar-refractivity contribution in [3.05, 3.63) is 344 Å². The largest absolute Gasteiger partial charge is 0.482 e. The molecule has 0 spiro atoms. The molecule has 570 valence electrons. The number of pyridine rings is 7. The first kappa shape index (κ1) is 84.2. The molecular weight excluding hydrogens is 1550 g/mol. The van der Waals surface area contributed by atoms with Gasteiger partial charge in [-0.05, 0) is 87.5 Å². The van der Waals surface area contributed by atoms with E-state index >= 15 is 0 Å². The molecule has 8 heterocycles. The average molecular weight is 1620 g/mol. The highest BCUT2D eigenvalue weighted by Crippen LogP contribution is 2.35. The Morgan fingerprint density at radius 3 is 1.55 bits per heavy atom. The summed E-state index contributed by atoms with van der Waals surface area (Å²) < 4.78 is 25.4. The zero-order valence-corrected chi connectivity index (χ0v) is 65.3. The first-order chi connectivity index (χ1) is 54.3. The van der Waals surface area contributed by atoms with E-state index in [4.69, 9.17) is 98.9 Å². The predicted octanol–water partition coefficient (Wildman–Crippen LogP) is 19.8. The van der Waals surface area contributed by atoms with Gasteiger partial charge in [-0.2, -0.15) is 5.26 Å². The molecule has 0 saturated heterocycles. The lowest BCUT2D eigenvalue weighted by atomic mass is 10.0. The molecular formula is C87H74Cl6N8O11. The zero-order valence-electron chi connectivity index (χ0n) is 60.8. The summed E-state index contributed by atoms with van der Waals surface area (Å²) in [6.45, 7) is 8.47. The van der Waals surface area contributed by atoms with Crippen molar-refractivity contribution in [1.29, 1.82) is 5.26 Å². The molecule has 0 amide bonds. The molecule has 8 aromatic carbocycles. The maximum atomic E-state index is 11.7. The van der Waals surface area contributed by atoms with Crippen molar-refractivity contribution in [1.82, 2.24) is 34.9 Å². The van der Waals surface area contributed by atoms with Crippen LogP contribution in [-0.4, -0.2) is 87.1 Å². The molecule has 25 heteroatoms. The molecule has 5 N–H and O–H groups in total. The fourth-order valence-corrected chi connectivity index (χ4v) is 13.1. The van der Waals surface area contributed by atoms with Crippen molar-refractivity contribution >= 4 is 151 Å². The number of aliphatic hydroxyl groups is 1. The van der Waals surface area contributed by atoms with Crippen LogP contribution in [0.2, 0.25) is 30.9 Å². The molecule has 0 radical (unpaired) electrons. The van der Waals surface area contributed by atoms with Crippen molar-refractivity contribution in [3.8, 4) is 29.6 Å². The predicted molar refractivity (Wildman–Crippen MR) is 453 cm³/mol. The number of nitriles is 1. The van der Waals surface area contributed by atoms with Gasteiger partial charge in [-0.25, -0.2) is 19.7 Å². The number of hydrogen-bond acceptors (Lipinski definition) is 15. The molecule has 112 heavy (non-hydrogen) atoms. The molecule has 19 nitrogen and oxygen atoms in total. The van der Waals surface area contributed by atoms with Crippen LogP contribution < -0.4 is 41.2 Å². The van der Waals surface area contributed by atoms with Crippen LogP contribution in [0, 0.1) is 11.3 Å². The number of carbonyl (C=O) groups excluding carboxylic acids is 1. The Balaban J connectivity index is 0.000000147. The van der Waals surface area contributed by atoms with Crippen molar-refractivity contribution in [2.75, 3.05) is 41.2 Å². The summed E-state index contributed by atoms with van der Waals surface area (Å²) in [6.07, 6.45) is 7.38. The van der Waals surface area contributed by atoms with Crippen LogP contribution in [-0.2, 0) is 30.4 Å². The summed E-state index contributed by atoms with van der Waals surface area (Å²) in [7, 11) is 4.43. The molecule has 7 aromatic heterocycles. The van der Waals surface area contributed by atoms with E-state index in [2.05, 4.69) is 58.8 Å². The van der Waals surface area contributed by atoms with Gasteiger partial charge in [0, 0.05) is 85.3 Å². The van der Waals surface area contributed by atoms with Gasteiger partial charge in [-0.3, -0.25) is 24.2 Å². The fraction of sp³-hybridized carbons (Fsp3) is 0.138. The van der Waals surface area contributed by atoms with Gasteiger partial charge in [0.25, 0.3) is 16.7 Å². The third kappa shape index (κ3) is 22.5. The number of methoxy groups -OCH3 is 3. The summed E-state index contributed by atoms with van der Waals surface area (Å²) in [4.78, 5) is 79.8. The second-order valence-corrected chi connectivity index (χ2v) is 26.3. The topological polar surface area (TPSA) is 277 Å². The van der Waals surface area contributed by atoms with Gasteiger partial charge in [-0.1, -0.05) is 270 Å². The molecule has 0 saturated carbocycles. The summed E-state index contributed by atoms with van der Waals surface area (Å²) >= 11 is 35.8. The number of benzene rings is 8. The number of esters is 1. The monoisotopic (exact) mass is 1620 g/mol. The number of H-pyrrole nitrogens is 4. The number of rotatable bonds is 12. The quantitative estimate of drug-likeness (QED) is 0.0432. The smallest absolute Gasteiger partial charge is 0.338 e. The molecule has 15 aromatic rings. The molecule has 0 aliphatic carbocycles. The lowest BCUT2D eigenvalue weighted by Crippen LogP contribution is -2.13. The number of aromatic amines is 4. The molecule has 0 bridgehead atoms. The lowest BCUT2D eigenvalue weighted by molar-refractivity contribution is 0.0599. The third-order valence-electron chi connectivity index (χ3n) is 16.9. The first-order valence-corrected chi connectivity index (χ1v) is 37.0. The lowest BCUT2D eigenvalue weighted by Gasteiger charge is -2.18. The van der Waals surface area contributed by atoms with Crippen LogP contribution in [0.4, 0.5) is 0 Å². The van der Waals surface area contributed by atoms with Gasteiger partial charge in [0.15, 0.2) is 5.88 Å². The summed E-state index contributed by atoms with van der Waals surface area (Å²) in [5.41, 5.74) is 3.17. The Hall–Kier alpha value is -11.8. The Labute approximate surface area is 673 Å². The van der Waals surface area contributed by atoms with Crippen molar-refractivity contribution in [3.63, 3.8) is 0 Å². The molecule has 16 rings (SSSR count). The van der Waals surface area contributed by atoms with E-state index in [-0.39, 0.29) is 35.3 Å². The highest BCUT2D eigenvalue weighted by molar-refractivity contribution is 6.36. The molecule has 1 aliphatic heterocycles. The van der Waals surface area contributed by atoms with Gasteiger partial charge in [0.2, 0.25) is 23.2 Å². The number of ether oxygens (including phenoxy) is 5. The first-order valence-electron chi connectivity index (χ1n) is 34.7. The van der Waals surface area contributed by atoms with Gasteiger partial charge in [0.05, 0.1) is 46.0 Å². The number of aromatic nitrogens is 7. The third-order valence-corrected chi connectivity index (χ3v) is 18.7. The van der Waals surface area contributed by atoms with Crippen molar-refractivity contribution in [2.45, 2.75) is 38.5 Å². The SMILES string of the molecule is C=CCOc1cc2ccccc2c(Cl)n1.C=CCc1c(=O)[nH]c(Cl)c2ccccc12.COC(=O)c1ccccc1CC#N.COc1cc2ccccc2c(=O)[nH]1.COc1cc2ccccc2c(Cl)n1.Clc1nc2c(c3ccccc13)CCCO2.O=c1[nH]c(Cl)c2ccccc2c1CCCO.O=c1cc2ccccc2c(Cl)[nH]1. The fourth-order valence-electron chi connectivity index (χ4n) is 11.6. The van der Waals surface area contributed by atoms with Crippen LogP contribution in [0.3, 0.4) is 0 Å². The number of aryl methyl sites for hydroxylation is 2. The van der Waals surface area contributed by atoms with Crippen LogP contribution in [0.15, 0.2) is 263 Å². The maximum absolute atomic E-state index is 11.7. The van der Waals surface area contributed by atoms with E-state index in [0.717, 1.165) is 84.1 Å². The second kappa shape index (κ2) is 42.4. The zero-order chi connectivity index (χ0) is 80.1. The van der Waals surface area contributed by atoms with E-state index < -0.39 is 5.97 Å². The van der Waals surface area contributed by atoms with Gasteiger partial charge >= 0.3 is 5.97 Å². The van der Waals surface area contributed by atoms with Gasteiger partial charge < -0.3 is 43.7 Å². The molecule has 0 unspecified atom stereocenters. The Kier molecular flexibility index (Phi) is 31.9. The average Bonchev–Trinajstić information content (AvgIpc) is 0.787. The minimum absolute atomic E-state index is 0.0798. The van der Waals surface area contributed by atoms with E-state index in [9.17, 15) is 24.0 Å². The minimum atomic E-state index is -0.397. The minimum Gasteiger partial charge on any atom is -0.482 e. The number of halogens is 6. The molecule has 0 atom stereocenters. The highest BCUT2D eigenvalue weighted by Gasteiger charge is 2.18. The van der Waals surface area contributed by atoms with Gasteiger partial charge in [-0.15, -0.1) is 6.58 Å². The van der Waals surface area contributed by atoms with Crippen LogP contribution in [0.5, 0.6) is 23.5 Å². The normalized spacial score (nSPS) is 10.8. The Bertz CT molecular complexity index is 6130.